The molecule has 0 aromatic carbocycles. The van der Waals surface area contributed by atoms with E-state index in [9.17, 15) is 0 Å². The second-order valence-electron chi connectivity index (χ2n) is 1.49. The molecule has 64 valence electrons. The zero-order valence-electron chi connectivity index (χ0n) is 4.92. The maximum absolute atomic E-state index is 5.54. The SMILES string of the molecule is ClC=C(Cl)C(Cl)=CC(Cl)(Cl)Cl. The lowest BCUT2D eigenvalue weighted by Crippen LogP contribution is -1.95. The van der Waals surface area contributed by atoms with Crippen LogP contribution in [-0.4, -0.2) is 3.79 Å². The molecule has 0 fully saturated rings. The van der Waals surface area contributed by atoms with Gasteiger partial charge in [-0.15, -0.1) is 0 Å². The summed E-state index contributed by atoms with van der Waals surface area (Å²) in [5.41, 5.74) is 1.08. The van der Waals surface area contributed by atoms with Crippen LogP contribution >= 0.6 is 69.6 Å². The van der Waals surface area contributed by atoms with E-state index in [1.54, 1.807) is 0 Å². The molecule has 6 heteroatoms. The van der Waals surface area contributed by atoms with Gasteiger partial charge in [0, 0.05) is 5.54 Å². The van der Waals surface area contributed by atoms with Gasteiger partial charge >= 0.3 is 0 Å². The molecule has 0 aliphatic carbocycles. The van der Waals surface area contributed by atoms with E-state index < -0.39 is 3.79 Å². The van der Waals surface area contributed by atoms with Gasteiger partial charge < -0.3 is 0 Å². The van der Waals surface area contributed by atoms with Crippen LogP contribution in [0.3, 0.4) is 0 Å². The average Bonchev–Trinajstić information content (AvgIpc) is 1.82. The molecule has 0 amide bonds. The first-order chi connectivity index (χ1) is 4.87. The van der Waals surface area contributed by atoms with Gasteiger partial charge in [-0.3, -0.25) is 0 Å². The minimum atomic E-state index is -1.56. The van der Waals surface area contributed by atoms with E-state index in [4.69, 9.17) is 69.6 Å². The molecular weight excluding hydrogens is 273 g/mol. The minimum Gasteiger partial charge on any atom is -0.0913 e. The Morgan fingerprint density at radius 1 is 1.00 bits per heavy atom. The zero-order valence-corrected chi connectivity index (χ0v) is 9.46. The monoisotopic (exact) mass is 272 g/mol. The van der Waals surface area contributed by atoms with Gasteiger partial charge in [0.25, 0.3) is 0 Å². The highest BCUT2D eigenvalue weighted by Crippen LogP contribution is 2.32. The van der Waals surface area contributed by atoms with Gasteiger partial charge in [-0.1, -0.05) is 69.6 Å². The van der Waals surface area contributed by atoms with E-state index in [0.717, 1.165) is 11.6 Å². The normalized spacial score (nSPS) is 15.5. The third-order valence-corrected chi connectivity index (χ3v) is 1.99. The average molecular weight is 275 g/mol. The lowest BCUT2D eigenvalue weighted by molar-refractivity contribution is 1.45. The molecule has 0 aliphatic rings. The topological polar surface area (TPSA) is 0 Å². The number of hydrogen-bond acceptors (Lipinski definition) is 0. The van der Waals surface area contributed by atoms with Crippen molar-refractivity contribution in [1.82, 2.24) is 0 Å². The molecule has 0 atom stereocenters. The molecule has 0 aliphatic heterocycles. The third kappa shape index (κ3) is 6.39. The van der Waals surface area contributed by atoms with E-state index in [0.29, 0.717) is 0 Å². The molecule has 0 unspecified atom stereocenters. The Balaban J connectivity index is 4.48. The smallest absolute Gasteiger partial charge is 0.0913 e. The summed E-state index contributed by atoms with van der Waals surface area (Å²) in [5, 5.41) is 0.223. The fraction of sp³-hybridized carbons (Fsp3) is 0.200. The van der Waals surface area contributed by atoms with Crippen LogP contribution in [0, 0.1) is 0 Å². The van der Waals surface area contributed by atoms with Gasteiger partial charge in [-0.25, -0.2) is 0 Å². The molecule has 0 aromatic rings. The van der Waals surface area contributed by atoms with Gasteiger partial charge in [0.1, 0.15) is 0 Å². The highest BCUT2D eigenvalue weighted by molar-refractivity contribution is 6.69. The van der Waals surface area contributed by atoms with Crippen molar-refractivity contribution in [3.05, 3.63) is 21.7 Å². The molecule has 0 saturated carbocycles. The summed E-state index contributed by atoms with van der Waals surface area (Å²) in [4.78, 5) is 0. The highest BCUT2D eigenvalue weighted by atomic mass is 35.6. The second kappa shape index (κ2) is 5.06. The predicted octanol–water partition coefficient (Wildman–Crippen LogP) is 4.80. The lowest BCUT2D eigenvalue weighted by atomic mass is 10.5. The Morgan fingerprint density at radius 2 is 1.45 bits per heavy atom. The third-order valence-electron chi connectivity index (χ3n) is 0.614. The van der Waals surface area contributed by atoms with Crippen LogP contribution in [0.5, 0.6) is 0 Å². The first-order valence-electron chi connectivity index (χ1n) is 2.28. The fourth-order valence-corrected chi connectivity index (χ4v) is 1.21. The number of rotatable bonds is 1. The summed E-state index contributed by atoms with van der Waals surface area (Å²) in [6.45, 7) is 0. The van der Waals surface area contributed by atoms with Crippen molar-refractivity contribution >= 4 is 69.6 Å². The van der Waals surface area contributed by atoms with E-state index in [1.807, 2.05) is 0 Å². The van der Waals surface area contributed by atoms with Gasteiger partial charge in [-0.05, 0) is 6.08 Å². The van der Waals surface area contributed by atoms with E-state index in [-0.39, 0.29) is 10.1 Å². The molecule has 0 spiro atoms. The first kappa shape index (κ1) is 12.2. The summed E-state index contributed by atoms with van der Waals surface area (Å²) >= 11 is 32.4. The van der Waals surface area contributed by atoms with Crippen LogP contribution in [0.2, 0.25) is 0 Å². The molecule has 0 radical (unpaired) electrons. The van der Waals surface area contributed by atoms with Crippen molar-refractivity contribution in [1.29, 1.82) is 0 Å². The summed E-state index contributed by atoms with van der Waals surface area (Å²) in [5.74, 6) is 0. The second-order valence-corrected chi connectivity index (χ2v) is 4.89. The fourth-order valence-electron chi connectivity index (χ4n) is 0.265. The van der Waals surface area contributed by atoms with Crippen molar-refractivity contribution in [3.8, 4) is 0 Å². The summed E-state index contributed by atoms with van der Waals surface area (Å²) in [6.07, 6.45) is 1.15. The number of hydrogen-bond donors (Lipinski definition) is 0. The molecule has 0 heterocycles. The maximum atomic E-state index is 5.54. The molecule has 0 aromatic heterocycles. The Morgan fingerprint density at radius 3 is 1.73 bits per heavy atom. The molecule has 0 rings (SSSR count). The zero-order chi connectivity index (χ0) is 9.07. The molecule has 0 saturated heterocycles. The van der Waals surface area contributed by atoms with Crippen molar-refractivity contribution in [2.45, 2.75) is 3.79 Å². The Kier molecular flexibility index (Phi) is 5.62. The molecule has 11 heavy (non-hydrogen) atoms. The predicted molar refractivity (Wildman–Crippen MR) is 54.0 cm³/mol. The number of alkyl halides is 3. The van der Waals surface area contributed by atoms with Gasteiger partial charge in [0.05, 0.1) is 10.1 Å². The minimum absolute atomic E-state index is 0.0988. The van der Waals surface area contributed by atoms with Crippen molar-refractivity contribution in [2.24, 2.45) is 0 Å². The standard InChI is InChI=1S/C5H2Cl6/c6-2-4(8)3(7)1-5(9,10)11/h1-2H. The van der Waals surface area contributed by atoms with E-state index >= 15 is 0 Å². The Hall–Kier alpha value is 1.22. The van der Waals surface area contributed by atoms with Gasteiger partial charge in [-0.2, -0.15) is 0 Å². The van der Waals surface area contributed by atoms with Crippen molar-refractivity contribution in [3.63, 3.8) is 0 Å². The quantitative estimate of drug-likeness (QED) is 0.476. The first-order valence-corrected chi connectivity index (χ1v) is 4.61. The largest absolute Gasteiger partial charge is 0.211 e. The summed E-state index contributed by atoms with van der Waals surface area (Å²) in [6, 6.07) is 0. The maximum Gasteiger partial charge on any atom is 0.211 e. The van der Waals surface area contributed by atoms with Crippen LogP contribution in [0.25, 0.3) is 0 Å². The lowest BCUT2D eigenvalue weighted by Gasteiger charge is -2.04. The molecule has 0 nitrogen and oxygen atoms in total. The highest BCUT2D eigenvalue weighted by Gasteiger charge is 2.17. The summed E-state index contributed by atoms with van der Waals surface area (Å²) in [7, 11) is 0. The van der Waals surface area contributed by atoms with Gasteiger partial charge in [0.2, 0.25) is 3.79 Å². The molecule has 0 N–H and O–H groups in total. The van der Waals surface area contributed by atoms with Crippen molar-refractivity contribution in [2.75, 3.05) is 0 Å². The summed E-state index contributed by atoms with van der Waals surface area (Å²) < 4.78 is -1.56. The van der Waals surface area contributed by atoms with Crippen LogP contribution in [0.4, 0.5) is 0 Å². The Labute approximate surface area is 94.6 Å². The number of allylic oxidation sites excluding steroid dienone is 3. The van der Waals surface area contributed by atoms with Crippen LogP contribution in [0.1, 0.15) is 0 Å². The van der Waals surface area contributed by atoms with Crippen molar-refractivity contribution < 1.29 is 0 Å². The van der Waals surface area contributed by atoms with Crippen LogP contribution < -0.4 is 0 Å². The number of halogens is 6. The van der Waals surface area contributed by atoms with E-state index in [2.05, 4.69) is 0 Å². The van der Waals surface area contributed by atoms with Crippen LogP contribution in [-0.2, 0) is 0 Å². The van der Waals surface area contributed by atoms with Crippen LogP contribution in [0.15, 0.2) is 21.7 Å². The Bertz CT molecular complexity index is 186. The molecule has 0 bridgehead atoms. The van der Waals surface area contributed by atoms with E-state index in [1.165, 1.54) is 0 Å². The molecular formula is C5H2Cl6. The van der Waals surface area contributed by atoms with Gasteiger partial charge in [0.15, 0.2) is 0 Å².